The summed E-state index contributed by atoms with van der Waals surface area (Å²) >= 11 is 0. The lowest BCUT2D eigenvalue weighted by molar-refractivity contribution is -0.121. The smallest absolute Gasteiger partial charge is 0.221 e. The van der Waals surface area contributed by atoms with Gasteiger partial charge in [0.1, 0.15) is 0 Å². The summed E-state index contributed by atoms with van der Waals surface area (Å²) in [6.07, 6.45) is 2.35. The first-order valence-electron chi connectivity index (χ1n) is 5.55. The highest BCUT2D eigenvalue weighted by Crippen LogP contribution is 2.12. The molecule has 0 spiro atoms. The predicted octanol–water partition coefficient (Wildman–Crippen LogP) is 1.52. The van der Waals surface area contributed by atoms with Gasteiger partial charge in [0.2, 0.25) is 5.91 Å². The Labute approximate surface area is 87.4 Å². The van der Waals surface area contributed by atoms with E-state index in [1.165, 1.54) is 12.8 Å². The first kappa shape index (κ1) is 13.4. The van der Waals surface area contributed by atoms with Crippen LogP contribution in [0.5, 0.6) is 0 Å². The lowest BCUT2D eigenvalue weighted by Crippen LogP contribution is -2.39. The summed E-state index contributed by atoms with van der Waals surface area (Å²) < 4.78 is 0. The van der Waals surface area contributed by atoms with Gasteiger partial charge in [-0.25, -0.2) is 0 Å². The number of carbonyl (C=O) groups is 1. The lowest BCUT2D eigenvalue weighted by Gasteiger charge is -2.23. The second kappa shape index (κ2) is 6.82. The molecule has 3 N–H and O–H groups in total. The zero-order valence-corrected chi connectivity index (χ0v) is 9.84. The molecule has 0 saturated carbocycles. The van der Waals surface area contributed by atoms with Crippen LogP contribution in [0.3, 0.4) is 0 Å². The van der Waals surface area contributed by atoms with Gasteiger partial charge in [0.25, 0.3) is 0 Å². The van der Waals surface area contributed by atoms with Crippen molar-refractivity contribution in [2.45, 2.75) is 46.6 Å². The third-order valence-corrected chi connectivity index (χ3v) is 2.99. The highest BCUT2D eigenvalue weighted by atomic mass is 16.1. The molecule has 0 aliphatic rings. The summed E-state index contributed by atoms with van der Waals surface area (Å²) in [5.74, 6) is 0.385. The third-order valence-electron chi connectivity index (χ3n) is 2.99. The Morgan fingerprint density at radius 1 is 1.29 bits per heavy atom. The van der Waals surface area contributed by atoms with Crippen LogP contribution in [0.15, 0.2) is 0 Å². The summed E-state index contributed by atoms with van der Waals surface area (Å²) in [6, 6.07) is 0.465. The highest BCUT2D eigenvalue weighted by molar-refractivity contribution is 5.76. The van der Waals surface area contributed by atoms with E-state index in [0.29, 0.717) is 18.5 Å². The molecular weight excluding hydrogens is 176 g/mol. The molecule has 0 aliphatic carbocycles. The fourth-order valence-corrected chi connectivity index (χ4v) is 1.63. The van der Waals surface area contributed by atoms with Crippen LogP contribution in [0.4, 0.5) is 0 Å². The molecule has 0 bridgehead atoms. The van der Waals surface area contributed by atoms with Gasteiger partial charge in [0, 0.05) is 18.5 Å². The van der Waals surface area contributed by atoms with Crippen molar-refractivity contribution in [3.05, 3.63) is 0 Å². The molecule has 2 unspecified atom stereocenters. The number of primary amides is 1. The van der Waals surface area contributed by atoms with Gasteiger partial charge in [0.15, 0.2) is 0 Å². The van der Waals surface area contributed by atoms with Crippen molar-refractivity contribution in [2.75, 3.05) is 6.54 Å². The maximum atomic E-state index is 10.8. The SMILES string of the molecule is CCC(CC)C(C)NCC(C)C(N)=O. The molecule has 0 radical (unpaired) electrons. The molecule has 1 amide bonds. The summed E-state index contributed by atoms with van der Waals surface area (Å²) in [7, 11) is 0. The Balaban J connectivity index is 3.82. The summed E-state index contributed by atoms with van der Waals surface area (Å²) in [5, 5.41) is 3.36. The number of carbonyl (C=O) groups excluding carboxylic acids is 1. The Bertz CT molecular complexity index is 167. The standard InChI is InChI=1S/C11H24N2O/c1-5-10(6-2)9(4)13-7-8(3)11(12)14/h8-10,13H,5-7H2,1-4H3,(H2,12,14). The molecule has 0 aromatic carbocycles. The summed E-state index contributed by atoms with van der Waals surface area (Å²) in [6.45, 7) is 9.11. The van der Waals surface area contributed by atoms with Crippen LogP contribution in [-0.4, -0.2) is 18.5 Å². The van der Waals surface area contributed by atoms with Crippen molar-refractivity contribution < 1.29 is 4.79 Å². The minimum absolute atomic E-state index is 0.0770. The minimum Gasteiger partial charge on any atom is -0.369 e. The molecule has 0 aromatic heterocycles. The first-order valence-corrected chi connectivity index (χ1v) is 5.55. The van der Waals surface area contributed by atoms with Crippen molar-refractivity contribution >= 4 is 5.91 Å². The molecule has 0 heterocycles. The van der Waals surface area contributed by atoms with E-state index in [0.717, 1.165) is 0 Å². The van der Waals surface area contributed by atoms with Gasteiger partial charge in [-0.15, -0.1) is 0 Å². The van der Waals surface area contributed by atoms with E-state index in [4.69, 9.17) is 5.73 Å². The number of nitrogens with one attached hydrogen (secondary N) is 1. The Morgan fingerprint density at radius 2 is 1.79 bits per heavy atom. The zero-order valence-electron chi connectivity index (χ0n) is 9.84. The molecule has 0 aliphatic heterocycles. The normalized spacial score (nSPS) is 15.5. The maximum Gasteiger partial charge on any atom is 0.221 e. The Hall–Kier alpha value is -0.570. The van der Waals surface area contributed by atoms with Gasteiger partial charge in [-0.3, -0.25) is 4.79 Å². The molecule has 3 heteroatoms. The zero-order chi connectivity index (χ0) is 11.1. The average molecular weight is 200 g/mol. The molecule has 14 heavy (non-hydrogen) atoms. The van der Waals surface area contributed by atoms with E-state index < -0.39 is 0 Å². The molecule has 84 valence electrons. The molecule has 0 fully saturated rings. The maximum absolute atomic E-state index is 10.8. The minimum atomic E-state index is -0.228. The van der Waals surface area contributed by atoms with Crippen LogP contribution in [-0.2, 0) is 4.79 Å². The van der Waals surface area contributed by atoms with Gasteiger partial charge >= 0.3 is 0 Å². The number of nitrogens with two attached hydrogens (primary N) is 1. The van der Waals surface area contributed by atoms with E-state index in [1.807, 2.05) is 6.92 Å². The highest BCUT2D eigenvalue weighted by Gasteiger charge is 2.15. The Morgan fingerprint density at radius 3 is 2.14 bits per heavy atom. The van der Waals surface area contributed by atoms with E-state index in [9.17, 15) is 4.79 Å². The summed E-state index contributed by atoms with van der Waals surface area (Å²) in [5.41, 5.74) is 5.18. The second-order valence-corrected chi connectivity index (χ2v) is 4.08. The third kappa shape index (κ3) is 4.61. The Kier molecular flexibility index (Phi) is 6.54. The fraction of sp³-hybridized carbons (Fsp3) is 0.909. The molecule has 2 atom stereocenters. The molecular formula is C11H24N2O. The van der Waals surface area contributed by atoms with Gasteiger partial charge < -0.3 is 11.1 Å². The van der Waals surface area contributed by atoms with Gasteiger partial charge in [-0.1, -0.05) is 33.6 Å². The molecule has 0 aromatic rings. The fourth-order valence-electron chi connectivity index (χ4n) is 1.63. The average Bonchev–Trinajstić information content (AvgIpc) is 2.15. The second-order valence-electron chi connectivity index (χ2n) is 4.08. The number of amides is 1. The lowest BCUT2D eigenvalue weighted by atomic mass is 9.95. The largest absolute Gasteiger partial charge is 0.369 e. The van der Waals surface area contributed by atoms with Gasteiger partial charge in [0.05, 0.1) is 0 Å². The first-order chi connectivity index (χ1) is 6.52. The van der Waals surface area contributed by atoms with Crippen LogP contribution in [0.25, 0.3) is 0 Å². The van der Waals surface area contributed by atoms with Crippen LogP contribution in [0, 0.1) is 11.8 Å². The van der Waals surface area contributed by atoms with E-state index in [1.54, 1.807) is 0 Å². The van der Waals surface area contributed by atoms with Crippen molar-refractivity contribution in [2.24, 2.45) is 17.6 Å². The molecule has 3 nitrogen and oxygen atoms in total. The number of rotatable bonds is 7. The van der Waals surface area contributed by atoms with E-state index in [-0.39, 0.29) is 11.8 Å². The van der Waals surface area contributed by atoms with Crippen molar-refractivity contribution in [3.63, 3.8) is 0 Å². The topological polar surface area (TPSA) is 55.1 Å². The predicted molar refractivity (Wildman–Crippen MR) is 59.9 cm³/mol. The van der Waals surface area contributed by atoms with Crippen LogP contribution in [0.1, 0.15) is 40.5 Å². The van der Waals surface area contributed by atoms with Crippen LogP contribution >= 0.6 is 0 Å². The summed E-state index contributed by atoms with van der Waals surface area (Å²) in [4.78, 5) is 10.8. The van der Waals surface area contributed by atoms with Crippen LogP contribution in [0.2, 0.25) is 0 Å². The molecule has 0 saturated heterocycles. The molecule has 0 rings (SSSR count). The quantitative estimate of drug-likeness (QED) is 0.654. The number of hydrogen-bond acceptors (Lipinski definition) is 2. The van der Waals surface area contributed by atoms with Crippen LogP contribution < -0.4 is 11.1 Å². The van der Waals surface area contributed by atoms with Gasteiger partial charge in [-0.2, -0.15) is 0 Å². The van der Waals surface area contributed by atoms with Crippen molar-refractivity contribution in [3.8, 4) is 0 Å². The van der Waals surface area contributed by atoms with Gasteiger partial charge in [-0.05, 0) is 12.8 Å². The number of hydrogen-bond donors (Lipinski definition) is 2. The van der Waals surface area contributed by atoms with E-state index in [2.05, 4.69) is 26.1 Å². The van der Waals surface area contributed by atoms with Crippen molar-refractivity contribution in [1.82, 2.24) is 5.32 Å². The van der Waals surface area contributed by atoms with E-state index >= 15 is 0 Å². The van der Waals surface area contributed by atoms with Crippen molar-refractivity contribution in [1.29, 1.82) is 0 Å². The monoisotopic (exact) mass is 200 g/mol.